The van der Waals surface area contributed by atoms with Crippen molar-refractivity contribution in [1.82, 2.24) is 0 Å². The van der Waals surface area contributed by atoms with Crippen LogP contribution < -0.4 is 0 Å². The van der Waals surface area contributed by atoms with Gasteiger partial charge in [0.05, 0.1) is 24.3 Å². The predicted octanol–water partition coefficient (Wildman–Crippen LogP) is 5.91. The molecule has 0 N–H and O–H groups in total. The van der Waals surface area contributed by atoms with Gasteiger partial charge in [-0.3, -0.25) is 0 Å². The predicted molar refractivity (Wildman–Crippen MR) is 99.1 cm³/mol. The lowest BCUT2D eigenvalue weighted by Crippen LogP contribution is -2.37. The number of hydrogen-bond acceptors (Lipinski definition) is 3. The Labute approximate surface area is 183 Å². The summed E-state index contributed by atoms with van der Waals surface area (Å²) in [5.74, 6) is -3.75. The van der Waals surface area contributed by atoms with E-state index in [0.717, 1.165) is 12.1 Å². The van der Waals surface area contributed by atoms with Crippen LogP contribution in [0.25, 0.3) is 0 Å². The Bertz CT molecular complexity index is 954. The van der Waals surface area contributed by atoms with Crippen molar-refractivity contribution in [2.75, 3.05) is 13.2 Å². The Hall–Kier alpha value is -2.53. The summed E-state index contributed by atoms with van der Waals surface area (Å²) in [7, 11) is 0. The molecule has 0 radical (unpaired) electrons. The van der Waals surface area contributed by atoms with E-state index in [9.17, 15) is 39.9 Å². The number of aldehydes is 1. The lowest BCUT2D eigenvalue weighted by Gasteiger charge is -2.35. The Morgan fingerprint density at radius 2 is 1.58 bits per heavy atom. The van der Waals surface area contributed by atoms with E-state index in [-0.39, 0.29) is 43.2 Å². The minimum absolute atomic E-state index is 0.0302. The zero-order valence-corrected chi connectivity index (χ0v) is 16.9. The number of carbonyl (C=O) groups is 1. The largest absolute Gasteiger partial charge is 0.416 e. The topological polar surface area (TPSA) is 35.5 Å². The summed E-state index contributed by atoms with van der Waals surface area (Å²) in [6.07, 6.45) is -10.5. The number of alkyl halides is 6. The highest BCUT2D eigenvalue weighted by molar-refractivity contribution is 5.56. The quantitative estimate of drug-likeness (QED) is 0.380. The molecule has 0 spiro atoms. The Kier molecular flexibility index (Phi) is 7.42. The maximum absolute atomic E-state index is 13.7. The lowest BCUT2D eigenvalue weighted by atomic mass is 9.82. The highest BCUT2D eigenvalue weighted by Gasteiger charge is 2.38. The minimum atomic E-state index is -4.97. The molecule has 11 heteroatoms. The molecule has 0 unspecified atom stereocenters. The van der Waals surface area contributed by atoms with E-state index >= 15 is 0 Å². The zero-order chi connectivity index (χ0) is 24.4. The van der Waals surface area contributed by atoms with Gasteiger partial charge in [-0.1, -0.05) is 6.07 Å². The molecule has 2 aromatic carbocycles. The van der Waals surface area contributed by atoms with Gasteiger partial charge in [-0.15, -0.1) is 0 Å². The van der Waals surface area contributed by atoms with Crippen LogP contribution in [-0.2, 0) is 33.0 Å². The molecule has 33 heavy (non-hydrogen) atoms. The minimum Gasteiger partial charge on any atom is -0.352 e. The second kappa shape index (κ2) is 9.76. The van der Waals surface area contributed by atoms with Crippen molar-refractivity contribution in [3.63, 3.8) is 0 Å². The van der Waals surface area contributed by atoms with Crippen molar-refractivity contribution in [3.05, 3.63) is 70.3 Å². The molecule has 0 bridgehead atoms. The van der Waals surface area contributed by atoms with E-state index in [2.05, 4.69) is 0 Å². The van der Waals surface area contributed by atoms with E-state index in [1.807, 2.05) is 0 Å². The first kappa shape index (κ1) is 25.1. The number of hydrogen-bond donors (Lipinski definition) is 0. The van der Waals surface area contributed by atoms with Crippen LogP contribution in [0.3, 0.4) is 0 Å². The van der Waals surface area contributed by atoms with Gasteiger partial charge in [0.25, 0.3) is 0 Å². The normalized spacial score (nSPS) is 21.8. The summed E-state index contributed by atoms with van der Waals surface area (Å²) in [5, 5.41) is 0. The third kappa shape index (κ3) is 6.08. The van der Waals surface area contributed by atoms with Gasteiger partial charge in [0.2, 0.25) is 0 Å². The SMILES string of the molecule is O=C[C@@H]1CCO[C@H](OCCc2cc(C(F)(F)F)cc(C(F)(F)F)c2)[C@H]1c1ccc(F)c(F)c1. The molecular formula is C22H18F8O3. The van der Waals surface area contributed by atoms with Crippen LogP contribution in [0.2, 0.25) is 0 Å². The molecule has 2 aromatic rings. The maximum Gasteiger partial charge on any atom is 0.416 e. The molecule has 0 amide bonds. The standard InChI is InChI=1S/C22H18F8O3/c23-17-2-1-13(9-18(17)24)19-14(11-31)4-6-33-20(19)32-5-3-12-7-15(21(25,26)27)10-16(8-12)22(28,29)30/h1-2,7-11,14,19-20H,3-6H2/t14-,19-,20-/m0/s1. The van der Waals surface area contributed by atoms with Crippen LogP contribution in [0.15, 0.2) is 36.4 Å². The molecule has 1 fully saturated rings. The fourth-order valence-corrected chi connectivity index (χ4v) is 3.69. The van der Waals surface area contributed by atoms with Gasteiger partial charge in [0, 0.05) is 11.8 Å². The third-order valence-corrected chi connectivity index (χ3v) is 5.31. The van der Waals surface area contributed by atoms with Crippen LogP contribution in [0.1, 0.15) is 34.6 Å². The van der Waals surface area contributed by atoms with E-state index in [4.69, 9.17) is 9.47 Å². The van der Waals surface area contributed by atoms with Gasteiger partial charge in [-0.25, -0.2) is 8.78 Å². The Morgan fingerprint density at radius 3 is 2.12 bits per heavy atom. The molecule has 3 rings (SSSR count). The highest BCUT2D eigenvalue weighted by atomic mass is 19.4. The Morgan fingerprint density at radius 1 is 0.939 bits per heavy atom. The van der Waals surface area contributed by atoms with Crippen molar-refractivity contribution in [1.29, 1.82) is 0 Å². The summed E-state index contributed by atoms with van der Waals surface area (Å²) >= 11 is 0. The summed E-state index contributed by atoms with van der Waals surface area (Å²) in [5.41, 5.74) is -2.93. The average molecular weight is 482 g/mol. The molecule has 0 aliphatic carbocycles. The molecule has 1 saturated heterocycles. The summed E-state index contributed by atoms with van der Waals surface area (Å²) < 4.78 is 116. The van der Waals surface area contributed by atoms with Crippen LogP contribution in [0.5, 0.6) is 0 Å². The second-order valence-electron chi connectivity index (χ2n) is 7.56. The molecule has 3 atom stereocenters. The number of benzene rings is 2. The van der Waals surface area contributed by atoms with Gasteiger partial charge in [-0.05, 0) is 54.3 Å². The van der Waals surface area contributed by atoms with Gasteiger partial charge in [-0.2, -0.15) is 26.3 Å². The number of ether oxygens (including phenoxy) is 2. The van der Waals surface area contributed by atoms with Gasteiger partial charge in [0.1, 0.15) is 6.29 Å². The van der Waals surface area contributed by atoms with Crippen LogP contribution in [0.4, 0.5) is 35.1 Å². The summed E-state index contributed by atoms with van der Waals surface area (Å²) in [6, 6.07) is 4.25. The lowest BCUT2D eigenvalue weighted by molar-refractivity contribution is -0.186. The number of carbonyl (C=O) groups excluding carboxylic acids is 1. The Balaban J connectivity index is 1.79. The van der Waals surface area contributed by atoms with Crippen molar-refractivity contribution >= 4 is 6.29 Å². The molecule has 180 valence electrons. The molecule has 3 nitrogen and oxygen atoms in total. The van der Waals surface area contributed by atoms with Crippen molar-refractivity contribution in [3.8, 4) is 0 Å². The third-order valence-electron chi connectivity index (χ3n) is 5.31. The molecular weight excluding hydrogens is 464 g/mol. The van der Waals surface area contributed by atoms with Crippen molar-refractivity contribution in [2.45, 2.75) is 37.4 Å². The average Bonchev–Trinajstić information content (AvgIpc) is 2.74. The summed E-state index contributed by atoms with van der Waals surface area (Å²) in [6.45, 7) is -0.245. The van der Waals surface area contributed by atoms with E-state index in [0.29, 0.717) is 18.4 Å². The fourth-order valence-electron chi connectivity index (χ4n) is 3.69. The maximum atomic E-state index is 13.7. The number of halogens is 8. The van der Waals surface area contributed by atoms with Gasteiger partial charge < -0.3 is 14.3 Å². The summed E-state index contributed by atoms with van der Waals surface area (Å²) in [4.78, 5) is 11.5. The first-order valence-corrected chi connectivity index (χ1v) is 9.82. The van der Waals surface area contributed by atoms with Gasteiger partial charge >= 0.3 is 12.4 Å². The smallest absolute Gasteiger partial charge is 0.352 e. The van der Waals surface area contributed by atoms with E-state index < -0.39 is 53.2 Å². The van der Waals surface area contributed by atoms with Crippen LogP contribution in [-0.4, -0.2) is 25.8 Å². The second-order valence-corrected chi connectivity index (χ2v) is 7.56. The van der Waals surface area contributed by atoms with E-state index in [1.165, 1.54) is 6.07 Å². The van der Waals surface area contributed by atoms with Crippen LogP contribution >= 0.6 is 0 Å². The van der Waals surface area contributed by atoms with Crippen LogP contribution in [0, 0.1) is 17.6 Å². The number of rotatable bonds is 6. The van der Waals surface area contributed by atoms with Crippen molar-refractivity contribution in [2.24, 2.45) is 5.92 Å². The molecule has 1 aliphatic heterocycles. The highest BCUT2D eigenvalue weighted by Crippen LogP contribution is 2.38. The van der Waals surface area contributed by atoms with Crippen molar-refractivity contribution < 1.29 is 49.4 Å². The first-order chi connectivity index (χ1) is 15.4. The monoisotopic (exact) mass is 482 g/mol. The molecule has 1 aliphatic rings. The van der Waals surface area contributed by atoms with Gasteiger partial charge in [0.15, 0.2) is 17.9 Å². The molecule has 0 aromatic heterocycles. The fraction of sp³-hybridized carbons (Fsp3) is 0.409. The molecule has 1 heterocycles. The zero-order valence-electron chi connectivity index (χ0n) is 16.9. The molecule has 0 saturated carbocycles. The van der Waals surface area contributed by atoms with E-state index in [1.54, 1.807) is 0 Å². The first-order valence-electron chi connectivity index (χ1n) is 9.82.